The van der Waals surface area contributed by atoms with E-state index >= 15 is 0 Å². The van der Waals surface area contributed by atoms with E-state index in [1.54, 1.807) is 7.11 Å². The van der Waals surface area contributed by atoms with E-state index in [2.05, 4.69) is 30.1 Å². The van der Waals surface area contributed by atoms with Gasteiger partial charge in [-0.05, 0) is 61.4 Å². The molecule has 0 fully saturated rings. The van der Waals surface area contributed by atoms with Crippen LogP contribution in [0.3, 0.4) is 0 Å². The van der Waals surface area contributed by atoms with Crippen LogP contribution in [-0.4, -0.2) is 29.7 Å². The lowest BCUT2D eigenvalue weighted by Gasteiger charge is -2.07. The van der Waals surface area contributed by atoms with Gasteiger partial charge in [0.15, 0.2) is 0 Å². The summed E-state index contributed by atoms with van der Waals surface area (Å²) in [6.45, 7) is 4.70. The van der Waals surface area contributed by atoms with E-state index in [-0.39, 0.29) is 0 Å². The van der Waals surface area contributed by atoms with Crippen molar-refractivity contribution in [3.8, 4) is 23.0 Å². The lowest BCUT2D eigenvalue weighted by Crippen LogP contribution is -2.00. The van der Waals surface area contributed by atoms with Crippen LogP contribution in [0.4, 0.5) is 0 Å². The van der Waals surface area contributed by atoms with E-state index < -0.39 is 0 Å². The number of aromatic nitrogens is 2. The minimum absolute atomic E-state index is 0.500. The topological polar surface area (TPSA) is 57.4 Å². The Bertz CT molecular complexity index is 811. The first kappa shape index (κ1) is 17.4. The lowest BCUT2D eigenvalue weighted by molar-refractivity contribution is 0.342. The van der Waals surface area contributed by atoms with Crippen molar-refractivity contribution < 1.29 is 13.9 Å². The molecule has 0 spiro atoms. The predicted octanol–water partition coefficient (Wildman–Crippen LogP) is 4.53. The minimum Gasteiger partial charge on any atom is -0.497 e. The van der Waals surface area contributed by atoms with Gasteiger partial charge in [-0.1, -0.05) is 17.8 Å². The molecule has 25 heavy (non-hydrogen) atoms. The van der Waals surface area contributed by atoms with Crippen molar-refractivity contribution in [3.05, 3.63) is 53.6 Å². The molecule has 0 saturated heterocycles. The third-order valence-corrected chi connectivity index (χ3v) is 4.30. The van der Waals surface area contributed by atoms with E-state index in [0.717, 1.165) is 22.8 Å². The second-order valence-electron chi connectivity index (χ2n) is 5.62. The van der Waals surface area contributed by atoms with Crippen LogP contribution in [0.25, 0.3) is 11.5 Å². The number of nitrogens with zero attached hydrogens (tertiary/aromatic N) is 2. The molecule has 3 rings (SSSR count). The highest BCUT2D eigenvalue weighted by Gasteiger charge is 2.09. The Morgan fingerprint density at radius 2 is 1.68 bits per heavy atom. The van der Waals surface area contributed by atoms with Crippen LogP contribution in [-0.2, 0) is 0 Å². The highest BCUT2D eigenvalue weighted by Crippen LogP contribution is 2.25. The van der Waals surface area contributed by atoms with Crippen LogP contribution in [0.1, 0.15) is 11.1 Å². The first-order chi connectivity index (χ1) is 12.1. The first-order valence-electron chi connectivity index (χ1n) is 7.96. The van der Waals surface area contributed by atoms with Gasteiger partial charge in [-0.2, -0.15) is 0 Å². The Labute approximate surface area is 151 Å². The summed E-state index contributed by atoms with van der Waals surface area (Å²) in [7, 11) is 1.64. The number of ether oxygens (including phenoxy) is 2. The summed E-state index contributed by atoms with van der Waals surface area (Å²) in [6, 6.07) is 13.7. The van der Waals surface area contributed by atoms with Gasteiger partial charge in [-0.3, -0.25) is 0 Å². The molecule has 2 aromatic carbocycles. The Morgan fingerprint density at radius 1 is 0.960 bits per heavy atom. The molecule has 6 heteroatoms. The van der Waals surface area contributed by atoms with Crippen molar-refractivity contribution in [2.45, 2.75) is 19.1 Å². The lowest BCUT2D eigenvalue weighted by atomic mass is 10.1. The molecule has 0 aliphatic heterocycles. The average Bonchev–Trinajstić information content (AvgIpc) is 3.07. The maximum atomic E-state index is 5.78. The summed E-state index contributed by atoms with van der Waals surface area (Å²) in [4.78, 5) is 0. The van der Waals surface area contributed by atoms with Gasteiger partial charge in [0.25, 0.3) is 5.22 Å². The number of aryl methyl sites for hydroxylation is 2. The zero-order valence-corrected chi connectivity index (χ0v) is 15.3. The molecule has 1 aromatic heterocycles. The van der Waals surface area contributed by atoms with Crippen LogP contribution < -0.4 is 9.47 Å². The molecule has 0 N–H and O–H groups in total. The van der Waals surface area contributed by atoms with Crippen molar-refractivity contribution in [1.29, 1.82) is 0 Å². The zero-order valence-electron chi connectivity index (χ0n) is 14.5. The molecular formula is C19H20N2O3S. The van der Waals surface area contributed by atoms with Crippen molar-refractivity contribution in [2.75, 3.05) is 19.5 Å². The summed E-state index contributed by atoms with van der Waals surface area (Å²) >= 11 is 1.48. The van der Waals surface area contributed by atoms with E-state index in [1.165, 1.54) is 22.9 Å². The van der Waals surface area contributed by atoms with Crippen LogP contribution in [0.5, 0.6) is 11.5 Å². The molecule has 0 aliphatic carbocycles. The third-order valence-electron chi connectivity index (χ3n) is 3.52. The number of methoxy groups -OCH3 is 1. The number of benzene rings is 2. The molecule has 0 saturated carbocycles. The Hall–Kier alpha value is -2.47. The Balaban J connectivity index is 1.51. The van der Waals surface area contributed by atoms with E-state index in [9.17, 15) is 0 Å². The van der Waals surface area contributed by atoms with Gasteiger partial charge in [0.05, 0.1) is 13.7 Å². The first-order valence-corrected chi connectivity index (χ1v) is 8.94. The molecule has 0 radical (unpaired) electrons. The van der Waals surface area contributed by atoms with Crippen LogP contribution >= 0.6 is 11.8 Å². The summed E-state index contributed by atoms with van der Waals surface area (Å²) in [6.07, 6.45) is 0. The highest BCUT2D eigenvalue weighted by molar-refractivity contribution is 7.99. The second-order valence-corrected chi connectivity index (χ2v) is 6.67. The number of thioether (sulfide) groups is 1. The van der Waals surface area contributed by atoms with Gasteiger partial charge in [0, 0.05) is 11.3 Å². The molecular weight excluding hydrogens is 336 g/mol. The quantitative estimate of drug-likeness (QED) is 0.458. The Kier molecular flexibility index (Phi) is 5.60. The largest absolute Gasteiger partial charge is 0.497 e. The standard InChI is InChI=1S/C19H20N2O3S/c1-13-10-14(2)12-17(11-13)23-8-9-25-19-21-20-18(24-19)15-4-6-16(22-3)7-5-15/h4-7,10-12H,8-9H2,1-3H3. The van der Waals surface area contributed by atoms with Gasteiger partial charge >= 0.3 is 0 Å². The average molecular weight is 356 g/mol. The smallest absolute Gasteiger partial charge is 0.276 e. The summed E-state index contributed by atoms with van der Waals surface area (Å²) in [5, 5.41) is 8.69. The van der Waals surface area contributed by atoms with Gasteiger partial charge in [-0.15, -0.1) is 10.2 Å². The van der Waals surface area contributed by atoms with Crippen LogP contribution in [0.2, 0.25) is 0 Å². The molecule has 0 bridgehead atoms. The molecule has 0 aliphatic rings. The molecule has 5 nitrogen and oxygen atoms in total. The van der Waals surface area contributed by atoms with Crippen molar-refractivity contribution in [2.24, 2.45) is 0 Å². The van der Waals surface area contributed by atoms with E-state index in [0.29, 0.717) is 17.7 Å². The summed E-state index contributed by atoms with van der Waals surface area (Å²) < 4.78 is 16.6. The van der Waals surface area contributed by atoms with Crippen LogP contribution in [0, 0.1) is 13.8 Å². The number of rotatable bonds is 7. The fraction of sp³-hybridized carbons (Fsp3) is 0.263. The Morgan fingerprint density at radius 3 is 2.36 bits per heavy atom. The maximum Gasteiger partial charge on any atom is 0.276 e. The number of hydrogen-bond donors (Lipinski definition) is 0. The monoisotopic (exact) mass is 356 g/mol. The number of hydrogen-bond acceptors (Lipinski definition) is 6. The van der Waals surface area contributed by atoms with Gasteiger partial charge < -0.3 is 13.9 Å². The molecule has 3 aromatic rings. The normalized spacial score (nSPS) is 10.7. The fourth-order valence-corrected chi connectivity index (χ4v) is 3.00. The predicted molar refractivity (Wildman–Crippen MR) is 98.4 cm³/mol. The van der Waals surface area contributed by atoms with Crippen molar-refractivity contribution in [1.82, 2.24) is 10.2 Å². The summed E-state index contributed by atoms with van der Waals surface area (Å²) in [5.41, 5.74) is 3.26. The van der Waals surface area contributed by atoms with Crippen molar-refractivity contribution >= 4 is 11.8 Å². The van der Waals surface area contributed by atoms with Crippen molar-refractivity contribution in [3.63, 3.8) is 0 Å². The van der Waals surface area contributed by atoms with E-state index in [1.807, 2.05) is 36.4 Å². The highest BCUT2D eigenvalue weighted by atomic mass is 32.2. The molecule has 0 amide bonds. The van der Waals surface area contributed by atoms with Gasteiger partial charge in [0.1, 0.15) is 11.5 Å². The zero-order chi connectivity index (χ0) is 17.6. The van der Waals surface area contributed by atoms with Gasteiger partial charge in [0.2, 0.25) is 5.89 Å². The fourth-order valence-electron chi connectivity index (χ4n) is 2.42. The molecule has 1 heterocycles. The molecule has 130 valence electrons. The molecule has 0 atom stereocenters. The third kappa shape index (κ3) is 4.76. The second kappa shape index (κ2) is 8.07. The van der Waals surface area contributed by atoms with Crippen LogP contribution in [0.15, 0.2) is 52.1 Å². The maximum absolute atomic E-state index is 5.78. The minimum atomic E-state index is 0.500. The SMILES string of the molecule is COc1ccc(-c2nnc(SCCOc3cc(C)cc(C)c3)o2)cc1. The summed E-state index contributed by atoms with van der Waals surface area (Å²) in [5.74, 6) is 2.92. The van der Waals surface area contributed by atoms with Gasteiger partial charge in [-0.25, -0.2) is 0 Å². The van der Waals surface area contributed by atoms with E-state index in [4.69, 9.17) is 13.9 Å². The molecule has 0 unspecified atom stereocenters.